The predicted molar refractivity (Wildman–Crippen MR) is 136 cm³/mol. The second-order valence-corrected chi connectivity index (χ2v) is 8.57. The second-order valence-electron chi connectivity index (χ2n) is 8.57. The summed E-state index contributed by atoms with van der Waals surface area (Å²) in [5.41, 5.74) is -1.24. The van der Waals surface area contributed by atoms with Crippen LogP contribution in [-0.2, 0) is 12.0 Å². The average Bonchev–Trinajstić information content (AvgIpc) is 2.82. The first kappa shape index (κ1) is 30.4. The van der Waals surface area contributed by atoms with Gasteiger partial charge >= 0.3 is 0 Å². The van der Waals surface area contributed by atoms with E-state index >= 15 is 0 Å². The van der Waals surface area contributed by atoms with Gasteiger partial charge in [-0.2, -0.15) is 27.5 Å². The molecule has 0 saturated carbocycles. The van der Waals surface area contributed by atoms with Gasteiger partial charge in [0.05, 0.1) is 23.5 Å². The van der Waals surface area contributed by atoms with Gasteiger partial charge in [0.25, 0.3) is 0 Å². The van der Waals surface area contributed by atoms with Crippen LogP contribution in [-0.4, -0.2) is 20.7 Å². The second kappa shape index (κ2) is 12.6. The summed E-state index contributed by atoms with van der Waals surface area (Å²) in [5.74, 6) is -5.84. The molecule has 3 heterocycles. The van der Waals surface area contributed by atoms with Gasteiger partial charge in [-0.25, -0.2) is 8.78 Å². The van der Waals surface area contributed by atoms with Crippen LogP contribution in [0.25, 0.3) is 11.3 Å². The van der Waals surface area contributed by atoms with E-state index in [9.17, 15) is 26.3 Å². The first-order valence-corrected chi connectivity index (χ1v) is 11.7. The van der Waals surface area contributed by atoms with Crippen molar-refractivity contribution in [2.24, 2.45) is 4.99 Å². The van der Waals surface area contributed by atoms with E-state index in [-0.39, 0.29) is 45.9 Å². The SMILES string of the molecule is C=C/C(F)=C\C(=NCc1c(C)cc(F)nc1F)C(C)(C)c1cc(F)cc(-c2c(C)cc(F)nc2F)n1.CC. The summed E-state index contributed by atoms with van der Waals surface area (Å²) in [5, 5.41) is 0. The van der Waals surface area contributed by atoms with Crippen LogP contribution in [0.2, 0.25) is 0 Å². The Bertz CT molecular complexity index is 1350. The maximum Gasteiger partial charge on any atom is 0.225 e. The van der Waals surface area contributed by atoms with Crippen LogP contribution in [0.4, 0.5) is 26.3 Å². The lowest BCUT2D eigenvalue weighted by atomic mass is 9.82. The van der Waals surface area contributed by atoms with Gasteiger partial charge in [-0.15, -0.1) is 0 Å². The molecule has 0 spiro atoms. The zero-order chi connectivity index (χ0) is 28.8. The number of rotatable bonds is 7. The molecule has 0 aliphatic carbocycles. The summed E-state index contributed by atoms with van der Waals surface area (Å²) < 4.78 is 84.5. The zero-order valence-corrected chi connectivity index (χ0v) is 21.9. The molecule has 3 rings (SSSR count). The summed E-state index contributed by atoms with van der Waals surface area (Å²) in [6.45, 7) is 13.0. The summed E-state index contributed by atoms with van der Waals surface area (Å²) >= 11 is 0. The van der Waals surface area contributed by atoms with Crippen LogP contribution in [0, 0.1) is 43.5 Å². The number of pyridine rings is 3. The van der Waals surface area contributed by atoms with E-state index in [0.717, 1.165) is 36.4 Å². The molecule has 3 aromatic heterocycles. The van der Waals surface area contributed by atoms with Crippen molar-refractivity contribution in [3.8, 4) is 11.3 Å². The topological polar surface area (TPSA) is 51.0 Å². The van der Waals surface area contributed by atoms with E-state index in [0.29, 0.717) is 0 Å². The number of hydrogen-bond acceptors (Lipinski definition) is 4. The number of aryl methyl sites for hydroxylation is 2. The van der Waals surface area contributed by atoms with Crippen LogP contribution in [0.15, 0.2) is 53.8 Å². The summed E-state index contributed by atoms with van der Waals surface area (Å²) in [6.07, 6.45) is 1.94. The third-order valence-electron chi connectivity index (χ3n) is 5.61. The standard InChI is InChI=1S/C26H22F6N4.C2H6/c1-6-15(27)10-19(33-12-17-13(2)7-21(29)35-24(17)31)26(4,5)20-11-16(28)9-18(34-20)23-14(3)8-22(30)36-25(23)32;1-2/h6-11H,1,12H2,2-5H3;1-2H3/b15-10+,33-19?;. The van der Waals surface area contributed by atoms with E-state index in [4.69, 9.17) is 0 Å². The molecule has 0 amide bonds. The highest BCUT2D eigenvalue weighted by atomic mass is 19.2. The van der Waals surface area contributed by atoms with Gasteiger partial charge in [-0.3, -0.25) is 9.98 Å². The van der Waals surface area contributed by atoms with Crippen molar-refractivity contribution in [1.29, 1.82) is 0 Å². The Hall–Kier alpha value is -3.82. The molecule has 0 fully saturated rings. The summed E-state index contributed by atoms with van der Waals surface area (Å²) in [7, 11) is 0. The highest BCUT2D eigenvalue weighted by Crippen LogP contribution is 2.31. The Labute approximate surface area is 217 Å². The largest absolute Gasteiger partial charge is 0.284 e. The maximum absolute atomic E-state index is 14.7. The summed E-state index contributed by atoms with van der Waals surface area (Å²) in [6, 6.07) is 4.05. The molecule has 0 radical (unpaired) electrons. The molecule has 0 aliphatic heterocycles. The van der Waals surface area contributed by atoms with Crippen molar-refractivity contribution >= 4 is 5.71 Å². The van der Waals surface area contributed by atoms with E-state index < -0.39 is 40.8 Å². The van der Waals surface area contributed by atoms with Crippen LogP contribution in [0.5, 0.6) is 0 Å². The van der Waals surface area contributed by atoms with Gasteiger partial charge in [-0.05, 0) is 69.2 Å². The van der Waals surface area contributed by atoms with E-state index in [1.165, 1.54) is 13.8 Å². The van der Waals surface area contributed by atoms with Crippen LogP contribution in [0.3, 0.4) is 0 Å². The highest BCUT2D eigenvalue weighted by molar-refractivity contribution is 6.03. The third-order valence-corrected chi connectivity index (χ3v) is 5.61. The van der Waals surface area contributed by atoms with Crippen molar-refractivity contribution in [2.45, 2.75) is 53.5 Å². The number of aromatic nitrogens is 3. The zero-order valence-electron chi connectivity index (χ0n) is 21.9. The van der Waals surface area contributed by atoms with Crippen molar-refractivity contribution in [1.82, 2.24) is 15.0 Å². The number of halogens is 6. The minimum Gasteiger partial charge on any atom is -0.284 e. The highest BCUT2D eigenvalue weighted by Gasteiger charge is 2.30. The fraction of sp³-hybridized carbons (Fsp3) is 0.286. The van der Waals surface area contributed by atoms with Gasteiger partial charge in [0.15, 0.2) is 0 Å². The van der Waals surface area contributed by atoms with Crippen molar-refractivity contribution < 1.29 is 26.3 Å². The van der Waals surface area contributed by atoms with Gasteiger partial charge < -0.3 is 0 Å². The van der Waals surface area contributed by atoms with Gasteiger partial charge in [0, 0.05) is 22.8 Å². The smallest absolute Gasteiger partial charge is 0.225 e. The number of hydrogen-bond donors (Lipinski definition) is 0. The lowest BCUT2D eigenvalue weighted by Crippen LogP contribution is -2.30. The molecule has 202 valence electrons. The monoisotopic (exact) mass is 534 g/mol. The molecule has 38 heavy (non-hydrogen) atoms. The van der Waals surface area contributed by atoms with E-state index in [1.807, 2.05) is 13.8 Å². The first-order valence-electron chi connectivity index (χ1n) is 11.7. The minimum absolute atomic E-state index is 0.0138. The molecule has 0 unspecified atom stereocenters. The third kappa shape index (κ3) is 6.93. The molecular weight excluding hydrogens is 506 g/mol. The Morgan fingerprint density at radius 3 is 2.03 bits per heavy atom. The molecule has 0 N–H and O–H groups in total. The molecule has 0 aliphatic rings. The lowest BCUT2D eigenvalue weighted by Gasteiger charge is -2.26. The van der Waals surface area contributed by atoms with Gasteiger partial charge in [0.2, 0.25) is 23.8 Å². The molecular formula is C28H28F6N4. The normalized spacial score (nSPS) is 12.2. The van der Waals surface area contributed by atoms with Crippen LogP contribution in [0.1, 0.15) is 50.1 Å². The molecule has 0 atom stereocenters. The molecule has 4 nitrogen and oxygen atoms in total. The average molecular weight is 535 g/mol. The molecule has 0 aromatic carbocycles. The Kier molecular flexibility index (Phi) is 10.1. The Morgan fingerprint density at radius 1 is 0.895 bits per heavy atom. The number of allylic oxidation sites excluding steroid dienone is 3. The molecule has 0 bridgehead atoms. The Balaban J connectivity index is 0.00000247. The van der Waals surface area contributed by atoms with Crippen LogP contribution < -0.4 is 0 Å². The summed E-state index contributed by atoms with van der Waals surface area (Å²) in [4.78, 5) is 15.0. The van der Waals surface area contributed by atoms with Crippen molar-refractivity contribution in [3.05, 3.63) is 101 Å². The van der Waals surface area contributed by atoms with E-state index in [2.05, 4.69) is 26.5 Å². The molecule has 0 saturated heterocycles. The minimum atomic E-state index is -1.30. The predicted octanol–water partition coefficient (Wildman–Crippen LogP) is 7.84. The Morgan fingerprint density at radius 2 is 1.47 bits per heavy atom. The maximum atomic E-state index is 14.7. The van der Waals surface area contributed by atoms with Crippen molar-refractivity contribution in [3.63, 3.8) is 0 Å². The van der Waals surface area contributed by atoms with Crippen molar-refractivity contribution in [2.75, 3.05) is 0 Å². The van der Waals surface area contributed by atoms with Crippen LogP contribution >= 0.6 is 0 Å². The quantitative estimate of drug-likeness (QED) is 0.134. The molecule has 10 heteroatoms. The van der Waals surface area contributed by atoms with Gasteiger partial charge in [-0.1, -0.05) is 20.4 Å². The number of aliphatic imine (C=N–C) groups is 1. The van der Waals surface area contributed by atoms with Gasteiger partial charge in [0.1, 0.15) is 11.6 Å². The lowest BCUT2D eigenvalue weighted by molar-refractivity contribution is 0.500. The van der Waals surface area contributed by atoms with E-state index in [1.54, 1.807) is 13.8 Å². The first-order chi connectivity index (χ1) is 17.8. The molecule has 3 aromatic rings. The number of nitrogens with zero attached hydrogens (tertiary/aromatic N) is 4. The fourth-order valence-corrected chi connectivity index (χ4v) is 3.57. The fourth-order valence-electron chi connectivity index (χ4n) is 3.57.